The van der Waals surface area contributed by atoms with Crippen LogP contribution < -0.4 is 0 Å². The summed E-state index contributed by atoms with van der Waals surface area (Å²) in [5.41, 5.74) is 0.560. The van der Waals surface area contributed by atoms with Crippen LogP contribution in [-0.4, -0.2) is 12.1 Å². The van der Waals surface area contributed by atoms with Gasteiger partial charge in [-0.15, -0.1) is 0 Å². The molecule has 170 valence electrons. The van der Waals surface area contributed by atoms with E-state index >= 15 is 0 Å². The number of fused-ring (bicyclic) bond motifs is 5. The Kier molecular flexibility index (Phi) is 6.71. The average Bonchev–Trinajstić information content (AvgIpc) is 3.04. The number of esters is 1. The summed E-state index contributed by atoms with van der Waals surface area (Å²) >= 11 is 0. The zero-order valence-corrected chi connectivity index (χ0v) is 20.2. The summed E-state index contributed by atoms with van der Waals surface area (Å²) < 4.78 is 5.60. The van der Waals surface area contributed by atoms with Crippen molar-refractivity contribution in [2.45, 2.75) is 105 Å². The maximum Gasteiger partial charge on any atom is 0.302 e. The largest absolute Gasteiger partial charge is 0.463 e. The van der Waals surface area contributed by atoms with Crippen LogP contribution in [0.4, 0.5) is 0 Å². The summed E-state index contributed by atoms with van der Waals surface area (Å²) in [6.45, 7) is 11.4. The second-order valence-corrected chi connectivity index (χ2v) is 12.1. The van der Waals surface area contributed by atoms with Crippen LogP contribution in [0.3, 0.4) is 0 Å². The van der Waals surface area contributed by atoms with E-state index in [2.05, 4.69) is 39.8 Å². The summed E-state index contributed by atoms with van der Waals surface area (Å²) in [5.74, 6) is 6.87. The van der Waals surface area contributed by atoms with Gasteiger partial charge in [-0.1, -0.05) is 39.8 Å². The Bertz CT molecular complexity index is 637. The quantitative estimate of drug-likeness (QED) is 0.345. The summed E-state index contributed by atoms with van der Waals surface area (Å²) in [6, 6.07) is 0. The van der Waals surface area contributed by atoms with Crippen molar-refractivity contribution in [3.05, 3.63) is 12.2 Å². The summed E-state index contributed by atoms with van der Waals surface area (Å²) in [4.78, 5) is 11.4. The first-order valence-electron chi connectivity index (χ1n) is 13.1. The molecule has 0 spiro atoms. The maximum absolute atomic E-state index is 11.4. The smallest absolute Gasteiger partial charge is 0.302 e. The highest BCUT2D eigenvalue weighted by atomic mass is 16.5. The minimum absolute atomic E-state index is 0.0888. The molecular formula is C28H46O2. The van der Waals surface area contributed by atoms with Gasteiger partial charge < -0.3 is 4.74 Å². The van der Waals surface area contributed by atoms with Crippen molar-refractivity contribution in [3.8, 4) is 0 Å². The molecule has 2 nitrogen and oxygen atoms in total. The van der Waals surface area contributed by atoms with E-state index in [1.165, 1.54) is 51.4 Å². The Morgan fingerprint density at radius 3 is 2.50 bits per heavy atom. The fourth-order valence-corrected chi connectivity index (χ4v) is 8.76. The van der Waals surface area contributed by atoms with Crippen molar-refractivity contribution in [1.29, 1.82) is 0 Å². The molecule has 0 aliphatic heterocycles. The Hall–Kier alpha value is -0.790. The van der Waals surface area contributed by atoms with Crippen molar-refractivity contribution in [3.63, 3.8) is 0 Å². The predicted octanol–water partition coefficient (Wildman–Crippen LogP) is 7.43. The third kappa shape index (κ3) is 4.26. The Morgan fingerprint density at radius 2 is 1.77 bits per heavy atom. The van der Waals surface area contributed by atoms with Gasteiger partial charge in [-0.05, 0) is 117 Å². The normalized spacial score (nSPS) is 44.4. The van der Waals surface area contributed by atoms with Crippen LogP contribution in [0, 0.1) is 52.8 Å². The van der Waals surface area contributed by atoms with Crippen molar-refractivity contribution in [2.24, 2.45) is 52.8 Å². The van der Waals surface area contributed by atoms with E-state index in [1.54, 1.807) is 6.92 Å². The Morgan fingerprint density at radius 1 is 1.00 bits per heavy atom. The highest BCUT2D eigenvalue weighted by molar-refractivity contribution is 5.66. The van der Waals surface area contributed by atoms with E-state index in [-0.39, 0.29) is 12.1 Å². The maximum atomic E-state index is 11.4. The highest BCUT2D eigenvalue weighted by Gasteiger charge is 2.57. The van der Waals surface area contributed by atoms with E-state index in [0.717, 1.165) is 60.2 Å². The van der Waals surface area contributed by atoms with Gasteiger partial charge in [0.05, 0.1) is 0 Å². The fourth-order valence-electron chi connectivity index (χ4n) is 8.76. The first-order valence-corrected chi connectivity index (χ1v) is 13.1. The third-order valence-corrected chi connectivity index (χ3v) is 9.99. The van der Waals surface area contributed by atoms with Crippen LogP contribution in [0.25, 0.3) is 0 Å². The first-order chi connectivity index (χ1) is 14.3. The Labute approximate surface area is 185 Å². The molecule has 8 unspecified atom stereocenters. The minimum atomic E-state index is -0.0888. The zero-order chi connectivity index (χ0) is 21.5. The number of carbonyl (C=O) groups is 1. The fraction of sp³-hybridized carbons (Fsp3) is 0.893. The molecule has 0 aromatic heterocycles. The SMILES string of the molecule is CC(=O)O[C@H]1CCC2C(CCC3C2CCC2(C)C(C(C)/C=C/CC(C)C)CCC32)C1. The van der Waals surface area contributed by atoms with Gasteiger partial charge in [0.15, 0.2) is 0 Å². The molecule has 4 fully saturated rings. The Balaban J connectivity index is 1.42. The topological polar surface area (TPSA) is 26.3 Å². The van der Waals surface area contributed by atoms with Crippen molar-refractivity contribution < 1.29 is 9.53 Å². The number of allylic oxidation sites excluding steroid dienone is 2. The lowest BCUT2D eigenvalue weighted by Crippen LogP contribution is -2.49. The van der Waals surface area contributed by atoms with E-state index in [0.29, 0.717) is 5.41 Å². The third-order valence-electron chi connectivity index (χ3n) is 9.99. The lowest BCUT2D eigenvalue weighted by molar-refractivity contribution is -0.152. The molecule has 0 saturated heterocycles. The van der Waals surface area contributed by atoms with Gasteiger partial charge >= 0.3 is 5.97 Å². The van der Waals surface area contributed by atoms with Gasteiger partial charge in [0.25, 0.3) is 0 Å². The van der Waals surface area contributed by atoms with E-state index < -0.39 is 0 Å². The minimum Gasteiger partial charge on any atom is -0.463 e. The van der Waals surface area contributed by atoms with Gasteiger partial charge in [0, 0.05) is 6.92 Å². The highest BCUT2D eigenvalue weighted by Crippen LogP contribution is 2.65. The lowest BCUT2D eigenvalue weighted by Gasteiger charge is -2.56. The van der Waals surface area contributed by atoms with Crippen LogP contribution in [-0.2, 0) is 9.53 Å². The average molecular weight is 415 g/mol. The molecule has 0 N–H and O–H groups in total. The molecule has 4 aliphatic carbocycles. The van der Waals surface area contributed by atoms with E-state index in [4.69, 9.17) is 4.74 Å². The molecule has 2 heteroatoms. The predicted molar refractivity (Wildman–Crippen MR) is 124 cm³/mol. The number of hydrogen-bond donors (Lipinski definition) is 0. The molecule has 0 heterocycles. The number of hydrogen-bond acceptors (Lipinski definition) is 2. The molecule has 30 heavy (non-hydrogen) atoms. The molecule has 4 aliphatic rings. The van der Waals surface area contributed by atoms with Crippen LogP contribution in [0.2, 0.25) is 0 Å². The monoisotopic (exact) mass is 414 g/mol. The lowest BCUT2D eigenvalue weighted by atomic mass is 9.49. The second kappa shape index (κ2) is 8.99. The standard InChI is InChI=1S/C28H46O2/c1-18(2)7-6-8-19(3)26-13-14-27-25-11-9-21-17-22(30-20(4)29)10-12-23(21)24(25)15-16-28(26,27)5/h6,8,18-19,21-27H,7,9-17H2,1-5H3/b8-6+/t19?,21?,22-,23?,24?,25?,26?,27?,28?/m0/s1. The molecule has 0 aromatic carbocycles. The molecule has 4 saturated carbocycles. The van der Waals surface area contributed by atoms with Gasteiger partial charge in [-0.3, -0.25) is 4.79 Å². The van der Waals surface area contributed by atoms with Crippen molar-refractivity contribution in [2.75, 3.05) is 0 Å². The first kappa shape index (κ1) is 22.4. The summed E-state index contributed by atoms with van der Waals surface area (Å²) in [5, 5.41) is 0. The van der Waals surface area contributed by atoms with Crippen molar-refractivity contribution >= 4 is 5.97 Å². The second-order valence-electron chi connectivity index (χ2n) is 12.1. The van der Waals surface area contributed by atoms with E-state index in [1.807, 2.05) is 0 Å². The molecule has 9 atom stereocenters. The summed E-state index contributed by atoms with van der Waals surface area (Å²) in [6.07, 6.45) is 18.6. The number of rotatable bonds is 5. The van der Waals surface area contributed by atoms with E-state index in [9.17, 15) is 4.79 Å². The number of carbonyl (C=O) groups excluding carboxylic acids is 1. The molecule has 0 amide bonds. The number of ether oxygens (including phenoxy) is 1. The molecular weight excluding hydrogens is 368 g/mol. The zero-order valence-electron chi connectivity index (χ0n) is 20.2. The summed E-state index contributed by atoms with van der Waals surface area (Å²) in [7, 11) is 0. The van der Waals surface area contributed by atoms with Gasteiger partial charge in [-0.25, -0.2) is 0 Å². The molecule has 0 bridgehead atoms. The van der Waals surface area contributed by atoms with Crippen LogP contribution in [0.5, 0.6) is 0 Å². The van der Waals surface area contributed by atoms with Gasteiger partial charge in [0.2, 0.25) is 0 Å². The molecule has 4 rings (SSSR count). The van der Waals surface area contributed by atoms with Crippen LogP contribution in [0.1, 0.15) is 98.8 Å². The van der Waals surface area contributed by atoms with Gasteiger partial charge in [-0.2, -0.15) is 0 Å². The van der Waals surface area contributed by atoms with Crippen LogP contribution >= 0.6 is 0 Å². The molecule has 0 radical (unpaired) electrons. The van der Waals surface area contributed by atoms with Gasteiger partial charge in [0.1, 0.15) is 6.10 Å². The van der Waals surface area contributed by atoms with Crippen molar-refractivity contribution in [1.82, 2.24) is 0 Å². The van der Waals surface area contributed by atoms with Crippen LogP contribution in [0.15, 0.2) is 12.2 Å². The molecule has 0 aromatic rings.